The van der Waals surface area contributed by atoms with Gasteiger partial charge in [-0.1, -0.05) is 40.9 Å². The topological polar surface area (TPSA) is 114 Å². The molecule has 1 amide bonds. The first-order valence-corrected chi connectivity index (χ1v) is 10.0. The van der Waals surface area contributed by atoms with E-state index in [0.717, 1.165) is 17.1 Å². The van der Waals surface area contributed by atoms with Crippen LogP contribution >= 0.6 is 11.5 Å². The molecule has 30 heavy (non-hydrogen) atoms. The maximum Gasteiger partial charge on any atom is 0.265 e. The summed E-state index contributed by atoms with van der Waals surface area (Å²) in [4.78, 5) is 37.0. The van der Waals surface area contributed by atoms with Crippen LogP contribution in [0.25, 0.3) is 11.5 Å². The van der Waals surface area contributed by atoms with E-state index in [1.807, 2.05) is 36.4 Å². The Balaban J connectivity index is 1.65. The van der Waals surface area contributed by atoms with Crippen molar-refractivity contribution in [2.75, 3.05) is 0 Å². The zero-order valence-corrected chi connectivity index (χ0v) is 16.9. The normalized spacial score (nSPS) is 11.8. The predicted molar refractivity (Wildman–Crippen MR) is 113 cm³/mol. The van der Waals surface area contributed by atoms with Gasteiger partial charge in [-0.3, -0.25) is 14.6 Å². The molecule has 9 heteroatoms. The molecule has 2 N–H and O–H groups in total. The summed E-state index contributed by atoms with van der Waals surface area (Å²) < 4.78 is 3.83. The summed E-state index contributed by atoms with van der Waals surface area (Å²) >= 11 is 1.05. The van der Waals surface area contributed by atoms with E-state index in [0.29, 0.717) is 34.2 Å². The Hall–Kier alpha value is -3.72. The molecule has 1 aromatic carbocycles. The molecule has 0 aliphatic rings. The van der Waals surface area contributed by atoms with E-state index in [9.17, 15) is 9.59 Å². The number of benzene rings is 1. The molecule has 0 radical (unpaired) electrons. The lowest BCUT2D eigenvalue weighted by molar-refractivity contribution is 0.0939. The van der Waals surface area contributed by atoms with E-state index in [1.165, 1.54) is 6.07 Å². The quantitative estimate of drug-likeness (QED) is 0.498. The summed E-state index contributed by atoms with van der Waals surface area (Å²) in [7, 11) is 0. The number of carbonyl (C=O) groups is 1. The first kappa shape index (κ1) is 19.6. The van der Waals surface area contributed by atoms with E-state index in [2.05, 4.69) is 29.9 Å². The van der Waals surface area contributed by atoms with Crippen molar-refractivity contribution in [3.8, 4) is 11.5 Å². The second-order valence-electron chi connectivity index (χ2n) is 6.63. The first-order valence-electron chi connectivity index (χ1n) is 9.26. The van der Waals surface area contributed by atoms with E-state index >= 15 is 0 Å². The minimum Gasteiger partial charge on any atom is -0.344 e. The van der Waals surface area contributed by atoms with E-state index < -0.39 is 0 Å². The fourth-order valence-electron chi connectivity index (χ4n) is 3.05. The lowest BCUT2D eigenvalue weighted by Gasteiger charge is -2.19. The van der Waals surface area contributed by atoms with Gasteiger partial charge in [0.15, 0.2) is 5.82 Å². The van der Waals surface area contributed by atoms with Gasteiger partial charge in [0, 0.05) is 18.7 Å². The van der Waals surface area contributed by atoms with Crippen LogP contribution in [0.4, 0.5) is 0 Å². The largest absolute Gasteiger partial charge is 0.344 e. The molecule has 3 aromatic heterocycles. The SMILES string of the molecule is Cc1nnsc1C(=O)N[C@H](Cc1cc(=O)[nH]c(-c2ccccn2)n1)c1ccccc1. The maximum absolute atomic E-state index is 12.8. The molecule has 150 valence electrons. The van der Waals surface area contributed by atoms with Gasteiger partial charge in [0.05, 0.1) is 17.4 Å². The van der Waals surface area contributed by atoms with Crippen LogP contribution in [0, 0.1) is 6.92 Å². The molecule has 0 spiro atoms. The molecular formula is C21H18N6O2S. The van der Waals surface area contributed by atoms with Gasteiger partial charge in [0.1, 0.15) is 10.6 Å². The lowest BCUT2D eigenvalue weighted by atomic mass is 10.0. The average Bonchev–Trinajstić information content (AvgIpc) is 3.20. The Bertz CT molecular complexity index is 1210. The van der Waals surface area contributed by atoms with Gasteiger partial charge >= 0.3 is 0 Å². The highest BCUT2D eigenvalue weighted by molar-refractivity contribution is 7.08. The number of H-pyrrole nitrogens is 1. The van der Waals surface area contributed by atoms with Crippen LogP contribution in [0.5, 0.6) is 0 Å². The monoisotopic (exact) mass is 418 g/mol. The molecule has 0 bridgehead atoms. The Labute approximate surface area is 176 Å². The van der Waals surface area contributed by atoms with Crippen LogP contribution in [0.2, 0.25) is 0 Å². The number of amides is 1. The molecule has 1 atom stereocenters. The summed E-state index contributed by atoms with van der Waals surface area (Å²) in [6, 6.07) is 16.0. The summed E-state index contributed by atoms with van der Waals surface area (Å²) in [5.41, 5.74) is 2.33. The zero-order chi connectivity index (χ0) is 20.9. The van der Waals surface area contributed by atoms with E-state index in [-0.39, 0.29) is 17.5 Å². The fourth-order valence-corrected chi connectivity index (χ4v) is 3.61. The molecule has 4 aromatic rings. The van der Waals surface area contributed by atoms with Crippen molar-refractivity contribution in [1.82, 2.24) is 29.9 Å². The highest BCUT2D eigenvalue weighted by Crippen LogP contribution is 2.20. The zero-order valence-electron chi connectivity index (χ0n) is 16.1. The van der Waals surface area contributed by atoms with Crippen LogP contribution in [0.15, 0.2) is 65.6 Å². The molecule has 0 saturated carbocycles. The van der Waals surface area contributed by atoms with Crippen molar-refractivity contribution in [3.05, 3.63) is 93.0 Å². The first-order chi connectivity index (χ1) is 14.6. The van der Waals surface area contributed by atoms with Crippen LogP contribution in [0.3, 0.4) is 0 Å². The van der Waals surface area contributed by atoms with Gasteiger partial charge < -0.3 is 10.3 Å². The summed E-state index contributed by atoms with van der Waals surface area (Å²) in [5.74, 6) is 0.130. The third-order valence-corrected chi connectivity index (χ3v) is 5.31. The third kappa shape index (κ3) is 4.47. The smallest absolute Gasteiger partial charge is 0.265 e. The second-order valence-corrected chi connectivity index (χ2v) is 7.38. The number of rotatable bonds is 6. The number of aromatic amines is 1. The van der Waals surface area contributed by atoms with Crippen molar-refractivity contribution in [2.24, 2.45) is 0 Å². The number of aryl methyl sites for hydroxylation is 1. The molecule has 0 saturated heterocycles. The van der Waals surface area contributed by atoms with E-state index in [1.54, 1.807) is 25.3 Å². The number of nitrogens with one attached hydrogen (secondary N) is 2. The standard InChI is InChI=1S/C21H18N6O2S/c1-13-19(30-27-26-13)21(29)24-17(14-7-3-2-4-8-14)11-15-12-18(28)25-20(23-15)16-9-5-6-10-22-16/h2-10,12,17H,11H2,1H3,(H,24,29)(H,23,25,28)/t17-/m1/s1. The number of hydrogen-bond donors (Lipinski definition) is 2. The van der Waals surface area contributed by atoms with Gasteiger partial charge in [-0.15, -0.1) is 5.10 Å². The van der Waals surface area contributed by atoms with Crippen LogP contribution in [-0.4, -0.2) is 30.4 Å². The van der Waals surface area contributed by atoms with Crippen LogP contribution < -0.4 is 10.9 Å². The number of carbonyl (C=O) groups excluding carboxylic acids is 1. The summed E-state index contributed by atoms with van der Waals surface area (Å²) in [6.45, 7) is 1.74. The van der Waals surface area contributed by atoms with Crippen LogP contribution in [0.1, 0.15) is 32.7 Å². The Kier molecular flexibility index (Phi) is 5.71. The highest BCUT2D eigenvalue weighted by Gasteiger charge is 2.21. The van der Waals surface area contributed by atoms with Crippen molar-refractivity contribution < 1.29 is 4.79 Å². The molecule has 3 heterocycles. The van der Waals surface area contributed by atoms with Gasteiger partial charge in [0.25, 0.3) is 11.5 Å². The Morgan fingerprint density at radius 2 is 1.97 bits per heavy atom. The molecular weight excluding hydrogens is 400 g/mol. The third-order valence-electron chi connectivity index (χ3n) is 4.48. The Morgan fingerprint density at radius 3 is 2.67 bits per heavy atom. The predicted octanol–water partition coefficient (Wildman–Crippen LogP) is 2.71. The van der Waals surface area contributed by atoms with Crippen molar-refractivity contribution >= 4 is 17.4 Å². The van der Waals surface area contributed by atoms with Gasteiger partial charge in [-0.05, 0) is 36.2 Å². The average molecular weight is 418 g/mol. The van der Waals surface area contributed by atoms with Crippen molar-refractivity contribution in [1.29, 1.82) is 0 Å². The van der Waals surface area contributed by atoms with Crippen molar-refractivity contribution in [3.63, 3.8) is 0 Å². The summed E-state index contributed by atoms with van der Waals surface area (Å²) in [6.07, 6.45) is 1.98. The number of pyridine rings is 1. The molecule has 0 aliphatic heterocycles. The second kappa shape index (κ2) is 8.75. The van der Waals surface area contributed by atoms with E-state index in [4.69, 9.17) is 0 Å². The fraction of sp³-hybridized carbons (Fsp3) is 0.143. The van der Waals surface area contributed by atoms with Crippen LogP contribution in [-0.2, 0) is 6.42 Å². The lowest BCUT2D eigenvalue weighted by Crippen LogP contribution is -2.30. The van der Waals surface area contributed by atoms with Gasteiger partial charge in [-0.25, -0.2) is 4.98 Å². The maximum atomic E-state index is 12.8. The summed E-state index contributed by atoms with van der Waals surface area (Å²) in [5, 5.41) is 6.93. The molecule has 0 fully saturated rings. The highest BCUT2D eigenvalue weighted by atomic mass is 32.1. The number of hydrogen-bond acceptors (Lipinski definition) is 7. The number of nitrogens with zero attached hydrogens (tertiary/aromatic N) is 4. The van der Waals surface area contributed by atoms with Crippen molar-refractivity contribution in [2.45, 2.75) is 19.4 Å². The van der Waals surface area contributed by atoms with Gasteiger partial charge in [0.2, 0.25) is 0 Å². The molecule has 4 rings (SSSR count). The molecule has 8 nitrogen and oxygen atoms in total. The molecule has 0 unspecified atom stereocenters. The minimum atomic E-state index is -0.383. The minimum absolute atomic E-state index is 0.258. The molecule has 0 aliphatic carbocycles. The Morgan fingerprint density at radius 1 is 1.17 bits per heavy atom. The number of aromatic nitrogens is 5. The van der Waals surface area contributed by atoms with Gasteiger partial charge in [-0.2, -0.15) is 0 Å².